The van der Waals surface area contributed by atoms with Gasteiger partial charge >= 0.3 is 0 Å². The molecular formula is C34H71N2O2+. The molecule has 0 heterocycles. The molecule has 4 heteroatoms. The number of nitrogens with one attached hydrogen (secondary N) is 1. The molecule has 0 aliphatic rings. The van der Waals surface area contributed by atoms with Crippen LogP contribution in [0.3, 0.4) is 0 Å². The summed E-state index contributed by atoms with van der Waals surface area (Å²) >= 11 is 0. The van der Waals surface area contributed by atoms with E-state index in [0.717, 1.165) is 25.9 Å². The van der Waals surface area contributed by atoms with Crippen molar-refractivity contribution in [2.75, 3.05) is 19.6 Å². The quantitative estimate of drug-likeness (QED) is 0.0631. The van der Waals surface area contributed by atoms with Crippen LogP contribution in [0.4, 0.5) is 0 Å². The van der Waals surface area contributed by atoms with Crippen molar-refractivity contribution in [1.29, 1.82) is 0 Å². The molecule has 4 nitrogen and oxygen atoms in total. The minimum absolute atomic E-state index is 0.0306. The van der Waals surface area contributed by atoms with E-state index in [9.17, 15) is 4.91 Å². The zero-order valence-corrected chi connectivity index (χ0v) is 26.1. The SMILES string of the molecule is CCCCCCCCCCCCCCCCCCCCCCCCCCCCCCNCCCC[N+](=O)O. The Balaban J connectivity index is 3.02. The lowest BCUT2D eigenvalue weighted by Gasteiger charge is -2.05. The standard InChI is InChI=1S/C34H71N2O2/c1-2-3-4-5-6-7-8-9-10-11-12-13-14-15-16-17-18-19-20-21-22-23-24-25-26-27-28-29-32-35-33-30-31-34-36(37)38/h35H,2-34H2,1H3,(H,37,38)/q+1. The highest BCUT2D eigenvalue weighted by atomic mass is 16.6. The number of hydrogen-bond donors (Lipinski definition) is 2. The molecule has 0 aliphatic heterocycles. The van der Waals surface area contributed by atoms with Gasteiger partial charge in [0.1, 0.15) is 0 Å². The molecule has 0 unspecified atom stereocenters. The summed E-state index contributed by atoms with van der Waals surface area (Å²) in [5.41, 5.74) is 0. The second kappa shape index (κ2) is 34.4. The van der Waals surface area contributed by atoms with Crippen LogP contribution in [0.15, 0.2) is 0 Å². The van der Waals surface area contributed by atoms with Gasteiger partial charge in [0.15, 0.2) is 0 Å². The van der Waals surface area contributed by atoms with Gasteiger partial charge in [-0.2, -0.15) is 0 Å². The summed E-state index contributed by atoms with van der Waals surface area (Å²) in [6.07, 6.45) is 42.1. The maximum atomic E-state index is 10.4. The van der Waals surface area contributed by atoms with Crippen molar-refractivity contribution in [1.82, 2.24) is 5.32 Å². The van der Waals surface area contributed by atoms with Gasteiger partial charge in [0.25, 0.3) is 0 Å². The fourth-order valence-electron chi connectivity index (χ4n) is 5.54. The molecule has 38 heavy (non-hydrogen) atoms. The lowest BCUT2D eigenvalue weighted by molar-refractivity contribution is -0.791. The summed E-state index contributed by atoms with van der Waals surface area (Å²) in [5.74, 6) is 0. The number of hydrogen-bond acceptors (Lipinski definition) is 2. The molecule has 0 saturated carbocycles. The Morgan fingerprint density at radius 3 is 0.895 bits per heavy atom. The van der Waals surface area contributed by atoms with Crippen molar-refractivity contribution < 1.29 is 10.1 Å². The van der Waals surface area contributed by atoms with E-state index in [-0.39, 0.29) is 11.5 Å². The van der Waals surface area contributed by atoms with Crippen molar-refractivity contribution in [3.05, 3.63) is 4.91 Å². The third-order valence-electron chi connectivity index (χ3n) is 8.16. The van der Waals surface area contributed by atoms with Gasteiger partial charge in [0.05, 0.1) is 4.91 Å². The molecular weight excluding hydrogens is 468 g/mol. The molecule has 0 rings (SSSR count). The lowest BCUT2D eigenvalue weighted by Crippen LogP contribution is -2.17. The van der Waals surface area contributed by atoms with E-state index < -0.39 is 0 Å². The Morgan fingerprint density at radius 2 is 0.632 bits per heavy atom. The highest BCUT2D eigenvalue weighted by Gasteiger charge is 2.01. The van der Waals surface area contributed by atoms with Gasteiger partial charge in [-0.1, -0.05) is 180 Å². The van der Waals surface area contributed by atoms with Crippen LogP contribution in [-0.2, 0) is 0 Å². The van der Waals surface area contributed by atoms with Crippen LogP contribution in [0.1, 0.15) is 200 Å². The first-order chi connectivity index (χ1) is 18.8. The van der Waals surface area contributed by atoms with Crippen LogP contribution in [0, 0.1) is 4.91 Å². The van der Waals surface area contributed by atoms with Crippen molar-refractivity contribution in [2.45, 2.75) is 200 Å². The molecule has 0 fully saturated rings. The highest BCUT2D eigenvalue weighted by Crippen LogP contribution is 2.16. The van der Waals surface area contributed by atoms with Crippen LogP contribution in [0.25, 0.3) is 0 Å². The third kappa shape index (κ3) is 35.4. The Labute approximate surface area is 239 Å². The van der Waals surface area contributed by atoms with E-state index >= 15 is 0 Å². The number of nitrogens with zero attached hydrogens (tertiary/aromatic N) is 1. The average Bonchev–Trinajstić information content (AvgIpc) is 2.91. The first-order valence-electron chi connectivity index (χ1n) is 17.6. The molecule has 0 spiro atoms. The highest BCUT2D eigenvalue weighted by molar-refractivity contribution is 4.53. The lowest BCUT2D eigenvalue weighted by atomic mass is 10.0. The molecule has 0 radical (unpaired) electrons. The van der Waals surface area contributed by atoms with E-state index in [2.05, 4.69) is 12.2 Å². The first-order valence-corrected chi connectivity index (χ1v) is 17.6. The third-order valence-corrected chi connectivity index (χ3v) is 8.16. The van der Waals surface area contributed by atoms with Gasteiger partial charge in [0, 0.05) is 6.42 Å². The summed E-state index contributed by atoms with van der Waals surface area (Å²) < 4.78 is 0. The molecule has 0 saturated heterocycles. The number of rotatable bonds is 34. The van der Waals surface area contributed by atoms with Crippen LogP contribution in [-0.4, -0.2) is 29.8 Å². The van der Waals surface area contributed by atoms with E-state index in [1.165, 1.54) is 180 Å². The van der Waals surface area contributed by atoms with Gasteiger partial charge in [-0.25, -0.2) is 5.21 Å². The van der Waals surface area contributed by atoms with Crippen molar-refractivity contribution in [3.8, 4) is 0 Å². The molecule has 0 atom stereocenters. The molecule has 0 aromatic heterocycles. The van der Waals surface area contributed by atoms with Gasteiger partial charge < -0.3 is 5.32 Å². The molecule has 228 valence electrons. The first kappa shape index (κ1) is 37.4. The molecule has 0 aliphatic carbocycles. The topological polar surface area (TPSA) is 52.3 Å². The maximum absolute atomic E-state index is 10.4. The summed E-state index contributed by atoms with van der Waals surface area (Å²) in [6, 6.07) is 0. The van der Waals surface area contributed by atoms with Crippen LogP contribution in [0.5, 0.6) is 0 Å². The van der Waals surface area contributed by atoms with E-state index in [4.69, 9.17) is 5.21 Å². The summed E-state index contributed by atoms with van der Waals surface area (Å²) in [6.45, 7) is 4.56. The van der Waals surface area contributed by atoms with Crippen LogP contribution < -0.4 is 5.32 Å². The van der Waals surface area contributed by atoms with Crippen LogP contribution in [0.2, 0.25) is 0 Å². The maximum Gasteiger partial charge on any atom is 0.248 e. The van der Waals surface area contributed by atoms with Gasteiger partial charge in [-0.3, -0.25) is 0 Å². The molecule has 2 N–H and O–H groups in total. The van der Waals surface area contributed by atoms with Crippen LogP contribution >= 0.6 is 0 Å². The molecule has 0 amide bonds. The second-order valence-electron chi connectivity index (χ2n) is 12.1. The van der Waals surface area contributed by atoms with E-state index in [1.54, 1.807) is 0 Å². The average molecular weight is 540 g/mol. The minimum atomic E-state index is 0.0306. The summed E-state index contributed by atoms with van der Waals surface area (Å²) in [7, 11) is 0. The smallest absolute Gasteiger partial charge is 0.248 e. The predicted octanol–water partition coefficient (Wildman–Crippen LogP) is 11.5. The zero-order chi connectivity index (χ0) is 27.6. The molecule has 0 bridgehead atoms. The fraction of sp³-hybridized carbons (Fsp3) is 1.00. The van der Waals surface area contributed by atoms with Gasteiger partial charge in [-0.05, 0) is 25.9 Å². The second-order valence-corrected chi connectivity index (χ2v) is 12.1. The monoisotopic (exact) mass is 540 g/mol. The van der Waals surface area contributed by atoms with Gasteiger partial charge in [-0.15, -0.1) is 0 Å². The molecule has 0 aromatic carbocycles. The number of unbranched alkanes of at least 4 members (excludes halogenated alkanes) is 28. The van der Waals surface area contributed by atoms with Gasteiger partial charge in [0.2, 0.25) is 11.5 Å². The predicted molar refractivity (Wildman–Crippen MR) is 167 cm³/mol. The van der Waals surface area contributed by atoms with E-state index in [1.807, 2.05) is 0 Å². The largest absolute Gasteiger partial charge is 0.317 e. The van der Waals surface area contributed by atoms with Crippen molar-refractivity contribution in [3.63, 3.8) is 0 Å². The zero-order valence-electron chi connectivity index (χ0n) is 26.1. The Hall–Kier alpha value is -0.640. The van der Waals surface area contributed by atoms with Crippen molar-refractivity contribution >= 4 is 0 Å². The van der Waals surface area contributed by atoms with Crippen molar-refractivity contribution in [2.24, 2.45) is 0 Å². The molecule has 0 aromatic rings. The normalized spacial score (nSPS) is 11.4. The Kier molecular flexibility index (Phi) is 33.8. The Morgan fingerprint density at radius 1 is 0.395 bits per heavy atom. The summed E-state index contributed by atoms with van der Waals surface area (Å²) in [4.78, 5) is 10.4. The fourth-order valence-corrected chi connectivity index (χ4v) is 5.54. The summed E-state index contributed by atoms with van der Waals surface area (Å²) in [5, 5.41) is 12.0. The minimum Gasteiger partial charge on any atom is -0.317 e. The Bertz CT molecular complexity index is 444. The van der Waals surface area contributed by atoms with E-state index in [0.29, 0.717) is 0 Å².